The van der Waals surface area contributed by atoms with Crippen LogP contribution in [-0.4, -0.2) is 162 Å². The summed E-state index contributed by atoms with van der Waals surface area (Å²) in [6.07, 6.45) is 5.33. The second-order valence-electron chi connectivity index (χ2n) is 39.0. The monoisotopic (exact) mass is 2300 g/mol. The maximum absolute atomic E-state index is 12.4. The van der Waals surface area contributed by atoms with Gasteiger partial charge in [-0.3, -0.25) is 0 Å². The Bertz CT molecular complexity index is 5370. The summed E-state index contributed by atoms with van der Waals surface area (Å²) in [5.74, 6) is 11.4. The van der Waals surface area contributed by atoms with Gasteiger partial charge in [0.25, 0.3) is 14.1 Å². The summed E-state index contributed by atoms with van der Waals surface area (Å²) in [6.45, 7) is 9.71. The molecule has 0 spiro atoms. The van der Waals surface area contributed by atoms with E-state index in [1.807, 2.05) is 19.3 Å². The van der Waals surface area contributed by atoms with Crippen molar-refractivity contribution in [1.82, 2.24) is 28.5 Å². The van der Waals surface area contributed by atoms with Crippen molar-refractivity contribution in [3.63, 3.8) is 0 Å². The van der Waals surface area contributed by atoms with E-state index in [2.05, 4.69) is 427 Å². The maximum Gasteiger partial charge on any atom is 0.390 e. The fraction of sp³-hybridized carbons (Fsp3) is 0.333. The van der Waals surface area contributed by atoms with Gasteiger partial charge in [-0.1, -0.05) is 364 Å². The summed E-state index contributed by atoms with van der Waals surface area (Å²) < 4.78 is 138. The van der Waals surface area contributed by atoms with Gasteiger partial charge in [0, 0.05) is 124 Å². The third-order valence-electron chi connectivity index (χ3n) is 26.9. The number of halogens is 7. The van der Waals surface area contributed by atoms with Gasteiger partial charge in [0.2, 0.25) is 31.9 Å². The average Bonchev–Trinajstić information content (AvgIpc) is 1.51. The summed E-state index contributed by atoms with van der Waals surface area (Å²) in [6, 6.07) is 129. The molecule has 149 heavy (non-hydrogen) atoms. The molecule has 786 valence electrons. The van der Waals surface area contributed by atoms with Gasteiger partial charge in [-0.25, -0.2) is 45.4 Å². The van der Waals surface area contributed by atoms with Crippen LogP contribution < -0.4 is 73.5 Å². The summed E-state index contributed by atoms with van der Waals surface area (Å²) in [5.41, 5.74) is 1.07. The molecule has 0 unspecified atom stereocenters. The van der Waals surface area contributed by atoms with E-state index in [4.69, 9.17) is 9.47 Å². The normalized spacial score (nSPS) is 17.3. The van der Waals surface area contributed by atoms with E-state index >= 15 is 0 Å². The molecule has 20 rings (SSSR count). The maximum atomic E-state index is 12.4. The fourth-order valence-electron chi connectivity index (χ4n) is 19.1. The molecule has 14 aromatic rings. The van der Waals surface area contributed by atoms with Crippen LogP contribution in [0.15, 0.2) is 393 Å². The third kappa shape index (κ3) is 38.4. The molecule has 0 bridgehead atoms. The van der Waals surface area contributed by atoms with E-state index in [9.17, 15) is 43.2 Å². The summed E-state index contributed by atoms with van der Waals surface area (Å²) in [7, 11) is -9.48. The van der Waals surface area contributed by atoms with Crippen molar-refractivity contribution in [2.45, 2.75) is 114 Å². The van der Waals surface area contributed by atoms with Crippen LogP contribution in [0.4, 0.5) is 38.2 Å². The number of aryl methyl sites for hydroxylation is 1. The zero-order valence-corrected chi connectivity index (χ0v) is 94.6. The number of rotatable bonds is 30. The number of anilines is 2. The molecule has 29 heteroatoms. The molecule has 0 amide bonds. The molecule has 0 N–H and O–H groups in total. The van der Waals surface area contributed by atoms with Crippen LogP contribution in [0.5, 0.6) is 0 Å². The molecule has 4 saturated heterocycles. The van der Waals surface area contributed by atoms with Gasteiger partial charge in [0.05, 0.1) is 28.8 Å². The van der Waals surface area contributed by atoms with Crippen LogP contribution in [0.2, 0.25) is 17.4 Å². The number of hydrogen-bond donors (Lipinski definition) is 0. The van der Waals surface area contributed by atoms with Gasteiger partial charge in [-0.15, -0.1) is 17.4 Å². The second-order valence-corrected chi connectivity index (χ2v) is 56.4. The van der Waals surface area contributed by atoms with Crippen molar-refractivity contribution >= 4 is 157 Å². The first kappa shape index (κ1) is 117. The number of ether oxygens (including phenoxy) is 2. The minimum Gasteiger partial charge on any atom is -0.381 e. The van der Waals surface area contributed by atoms with Crippen molar-refractivity contribution in [2.24, 2.45) is 47.3 Å². The van der Waals surface area contributed by atoms with Gasteiger partial charge >= 0.3 is 12.4 Å². The first-order valence-corrected chi connectivity index (χ1v) is 64.4. The van der Waals surface area contributed by atoms with E-state index in [-0.39, 0.29) is 72.6 Å². The Morgan fingerprint density at radius 2 is 0.510 bits per heavy atom. The smallest absolute Gasteiger partial charge is 0.381 e. The van der Waals surface area contributed by atoms with Crippen LogP contribution in [0, 0.1) is 54.3 Å². The van der Waals surface area contributed by atoms with Gasteiger partial charge in [-0.05, 0) is 235 Å². The van der Waals surface area contributed by atoms with Crippen molar-refractivity contribution in [3.05, 3.63) is 399 Å². The van der Waals surface area contributed by atoms with Gasteiger partial charge in [0.1, 0.15) is 0 Å². The van der Waals surface area contributed by atoms with Crippen molar-refractivity contribution in [1.29, 1.82) is 0 Å². The summed E-state index contributed by atoms with van der Waals surface area (Å²) in [5, 5.41) is 16.8. The Hall–Kier alpha value is -8.89. The number of alkyl halides is 6. The zero-order valence-electron chi connectivity index (χ0n) is 85.1. The minimum absolute atomic E-state index is 0. The molecular weight excluding hydrogens is 2160 g/mol. The summed E-state index contributed by atoms with van der Waals surface area (Å²) in [4.78, 5) is 22.2. The van der Waals surface area contributed by atoms with E-state index < -0.39 is 88.4 Å². The standard InChI is InChI=1S/C23H35F3N4O3S.C22H32BrF3N4O3S.4C18H15P.3CH3.Al.Pd/c1-17-13-27-22(28-14-17)29-7-4-19(5-8-29)21-12-20(21)16-33-15-18-2-9-30(10-3-18)34(31,32)11-6-23(24,25)26;23-19-12-27-21(28-13-19)29-6-3-17(4-7-29)20-11-18(20)15-33-14-16-1-8-30(9-2-16)34(31,32)10-5-22(24,25)26;4*1-4-10-16(11-5-1)19(17-12-6-2-7-13-17)18-14-8-3-9-15-18;;;;;/h13-14,18-21H,2-12,15-16H2,1H3;12-13,16-18,20H,1-11,14-15H2;4*1-15H;3*1H3;;/t20-,21+;18-,20+;;;;;;;;;/m00........./s1. The van der Waals surface area contributed by atoms with Crippen LogP contribution in [0.1, 0.15) is 82.6 Å². The molecular formula is C120H136AlBrF6N8O6P4PdS2. The minimum atomic E-state index is -4.45. The van der Waals surface area contributed by atoms with Crippen LogP contribution in [-0.2, 0) is 49.9 Å². The molecule has 6 heterocycles. The van der Waals surface area contributed by atoms with E-state index in [0.29, 0.717) is 62.6 Å². The molecule has 14 nitrogen and oxygen atoms in total. The Labute approximate surface area is 911 Å². The number of piperidine rings is 4. The van der Waals surface area contributed by atoms with Crippen LogP contribution in [0.3, 0.4) is 0 Å². The zero-order chi connectivity index (χ0) is 104. The molecule has 4 atom stereocenters. The average molecular weight is 2300 g/mol. The number of hydrogen-bond acceptors (Lipinski definition) is 12. The van der Waals surface area contributed by atoms with Crippen molar-refractivity contribution in [3.8, 4) is 0 Å². The predicted octanol–water partition coefficient (Wildman–Crippen LogP) is 22.9. The molecule has 2 aliphatic carbocycles. The van der Waals surface area contributed by atoms with Gasteiger partial charge in [-0.2, -0.15) is 26.3 Å². The molecule has 2 aromatic heterocycles. The largest absolute Gasteiger partial charge is 0.390 e. The predicted molar refractivity (Wildman–Crippen MR) is 613 cm³/mol. The molecule has 6 aliphatic rings. The topological polar surface area (TPSA) is 151 Å². The second kappa shape index (κ2) is 60.1. The number of sulfonamides is 2. The molecule has 0 radical (unpaired) electrons. The molecule has 2 saturated carbocycles. The van der Waals surface area contributed by atoms with E-state index in [0.717, 1.165) is 98.8 Å². The number of nitrogens with zero attached hydrogens (tertiary/aromatic N) is 8. The molecule has 4 aliphatic heterocycles. The first-order valence-electron chi connectivity index (χ1n) is 51.6. The van der Waals surface area contributed by atoms with Crippen molar-refractivity contribution in [2.75, 3.05) is 100 Å². The first-order chi connectivity index (χ1) is 71.7. The van der Waals surface area contributed by atoms with Crippen LogP contribution in [0.25, 0.3) is 0 Å². The summed E-state index contributed by atoms with van der Waals surface area (Å²) >= 11 is 3.23. The quantitative estimate of drug-likeness (QED) is 0.0239. The SMILES string of the molecule is Cc1cnc(N2CCC([C@H]3C[C@H]3COCC3CCN(S(=O)(=O)CCC(F)(F)F)CC3)CC2)nc1.O=S(=O)(CCC(F)(F)F)N1CCC(COC[C@@H]2C[C@@H]2C2CCN(c3ncc(Br)cn3)CC2)CC1.[CH3][Al]([CH3])[CH3].[Pd].c1ccc(P(c2ccccc2)c2ccccc2)cc1.c1ccc(P(c2ccccc2)c2ccccc2)cc1.c1ccc(P(c2ccccc2)c2ccccc2)cc1.c1ccc(P(c2ccccc2)c2ccccc2)cc1. The van der Waals surface area contributed by atoms with Crippen LogP contribution >= 0.6 is 47.6 Å². The Morgan fingerprint density at radius 3 is 0.705 bits per heavy atom. The Balaban J connectivity index is 0.000000151. The number of aromatic nitrogens is 4. The third-order valence-corrected chi connectivity index (χ3v) is 40.9. The van der Waals surface area contributed by atoms with E-state index in [1.165, 1.54) is 85.1 Å². The van der Waals surface area contributed by atoms with Gasteiger partial charge in [0.15, 0.2) is 0 Å². The molecule has 12 aromatic carbocycles. The van der Waals surface area contributed by atoms with Crippen molar-refractivity contribution < 1.29 is 73.1 Å². The van der Waals surface area contributed by atoms with E-state index in [1.54, 1.807) is 12.4 Å². The fourth-order valence-corrected chi connectivity index (χ4v) is 31.6. The number of benzene rings is 12. The molecule has 6 fully saturated rings. The Kier molecular flexibility index (Phi) is 47.3. The Morgan fingerprint density at radius 1 is 0.315 bits per heavy atom. The van der Waals surface area contributed by atoms with Gasteiger partial charge < -0.3 is 19.3 Å².